The molecule has 5 nitrogen and oxygen atoms in total. The van der Waals surface area contributed by atoms with Crippen molar-refractivity contribution < 1.29 is 14.6 Å². The number of aromatic carboxylic acids is 1. The first-order chi connectivity index (χ1) is 7.15. The molecule has 1 N–H and O–H groups in total. The van der Waals surface area contributed by atoms with Crippen LogP contribution in [0.1, 0.15) is 10.4 Å². The summed E-state index contributed by atoms with van der Waals surface area (Å²) in [5.74, 6) is -0.708. The number of hydrogen-bond donors (Lipinski definition) is 1. The smallest absolute Gasteiger partial charge is 0.339 e. The Hall–Kier alpha value is -2.04. The van der Waals surface area contributed by atoms with Crippen molar-refractivity contribution in [3.63, 3.8) is 0 Å². The summed E-state index contributed by atoms with van der Waals surface area (Å²) in [5, 5.41) is 8.95. The highest BCUT2D eigenvalue weighted by atomic mass is 16.5. The van der Waals surface area contributed by atoms with E-state index in [2.05, 4.69) is 4.98 Å². The number of aryl methyl sites for hydroxylation is 1. The summed E-state index contributed by atoms with van der Waals surface area (Å²) in [5.41, 5.74) is 1.54. The zero-order valence-electron chi connectivity index (χ0n) is 8.39. The lowest BCUT2D eigenvalue weighted by Crippen LogP contribution is -2.01. The molecular weight excluding hydrogens is 196 g/mol. The van der Waals surface area contributed by atoms with Gasteiger partial charge in [0.05, 0.1) is 19.0 Å². The van der Waals surface area contributed by atoms with Crippen molar-refractivity contribution in [3.8, 4) is 5.75 Å². The number of hydrogen-bond acceptors (Lipinski definition) is 3. The lowest BCUT2D eigenvalue weighted by molar-refractivity contribution is 0.0693. The second-order valence-corrected chi connectivity index (χ2v) is 3.17. The summed E-state index contributed by atoms with van der Waals surface area (Å²) < 4.78 is 6.89. The molecule has 0 aliphatic rings. The first-order valence-electron chi connectivity index (χ1n) is 4.36. The topological polar surface area (TPSA) is 64.3 Å². The van der Waals surface area contributed by atoms with Crippen LogP contribution in [0.25, 0.3) is 11.0 Å². The third kappa shape index (κ3) is 1.32. The molecule has 0 bridgehead atoms. The van der Waals surface area contributed by atoms with Crippen molar-refractivity contribution in [2.45, 2.75) is 0 Å². The average Bonchev–Trinajstić information content (AvgIpc) is 2.59. The van der Waals surface area contributed by atoms with E-state index in [-0.39, 0.29) is 5.56 Å². The van der Waals surface area contributed by atoms with Gasteiger partial charge in [0.1, 0.15) is 11.1 Å². The zero-order valence-corrected chi connectivity index (χ0v) is 8.39. The van der Waals surface area contributed by atoms with Crippen LogP contribution in [0.3, 0.4) is 0 Å². The van der Waals surface area contributed by atoms with Crippen molar-refractivity contribution in [1.29, 1.82) is 0 Å². The maximum Gasteiger partial charge on any atom is 0.339 e. The summed E-state index contributed by atoms with van der Waals surface area (Å²) in [7, 11) is 3.28. The highest BCUT2D eigenvalue weighted by Crippen LogP contribution is 2.28. The van der Waals surface area contributed by atoms with E-state index in [9.17, 15) is 4.79 Å². The monoisotopic (exact) mass is 206 g/mol. The molecule has 1 aromatic heterocycles. The second-order valence-electron chi connectivity index (χ2n) is 3.17. The largest absolute Gasteiger partial charge is 0.493 e. The standard InChI is InChI=1S/C10H10N2O3/c1-12-5-11-8-7(12)4-3-6(10(13)14)9(8)15-2/h3-5H,1-2H3,(H,13,14). The van der Waals surface area contributed by atoms with Crippen LogP contribution in [0, 0.1) is 0 Å². The molecule has 0 saturated heterocycles. The average molecular weight is 206 g/mol. The van der Waals surface area contributed by atoms with E-state index < -0.39 is 5.97 Å². The van der Waals surface area contributed by atoms with Crippen molar-refractivity contribution in [2.75, 3.05) is 7.11 Å². The van der Waals surface area contributed by atoms with Crippen LogP contribution >= 0.6 is 0 Å². The number of fused-ring (bicyclic) bond motifs is 1. The fourth-order valence-corrected chi connectivity index (χ4v) is 1.55. The zero-order chi connectivity index (χ0) is 11.0. The molecule has 15 heavy (non-hydrogen) atoms. The van der Waals surface area contributed by atoms with Gasteiger partial charge in [0.2, 0.25) is 0 Å². The first-order valence-corrected chi connectivity index (χ1v) is 4.36. The number of aromatic nitrogens is 2. The van der Waals surface area contributed by atoms with Crippen LogP contribution in [0.4, 0.5) is 0 Å². The summed E-state index contributed by atoms with van der Waals surface area (Å²) in [6.45, 7) is 0. The van der Waals surface area contributed by atoms with Gasteiger partial charge in [0, 0.05) is 7.05 Å². The predicted molar refractivity (Wildman–Crippen MR) is 54.2 cm³/mol. The third-order valence-corrected chi connectivity index (χ3v) is 2.28. The van der Waals surface area contributed by atoms with Gasteiger partial charge in [-0.2, -0.15) is 0 Å². The molecule has 0 aliphatic carbocycles. The Kier molecular flexibility index (Phi) is 2.07. The summed E-state index contributed by atoms with van der Waals surface area (Å²) in [6, 6.07) is 3.24. The number of carbonyl (C=O) groups is 1. The Bertz CT molecular complexity index is 531. The van der Waals surface area contributed by atoms with Crippen LogP contribution in [-0.4, -0.2) is 27.7 Å². The maximum atomic E-state index is 10.9. The molecule has 2 aromatic rings. The molecule has 0 aliphatic heterocycles. The van der Waals surface area contributed by atoms with Gasteiger partial charge >= 0.3 is 5.97 Å². The Morgan fingerprint density at radius 1 is 1.53 bits per heavy atom. The number of nitrogens with zero attached hydrogens (tertiary/aromatic N) is 2. The second kappa shape index (κ2) is 3.27. The van der Waals surface area contributed by atoms with Gasteiger partial charge in [0.25, 0.3) is 0 Å². The fourth-order valence-electron chi connectivity index (χ4n) is 1.55. The molecule has 1 heterocycles. The molecular formula is C10H10N2O3. The molecule has 0 fully saturated rings. The van der Waals surface area contributed by atoms with Crippen LogP contribution in [-0.2, 0) is 7.05 Å². The molecule has 0 amide bonds. The van der Waals surface area contributed by atoms with E-state index in [1.54, 1.807) is 12.4 Å². The molecule has 78 valence electrons. The van der Waals surface area contributed by atoms with E-state index in [0.717, 1.165) is 5.52 Å². The van der Waals surface area contributed by atoms with Crippen LogP contribution in [0.5, 0.6) is 5.75 Å². The van der Waals surface area contributed by atoms with Crippen LogP contribution in [0.2, 0.25) is 0 Å². The molecule has 0 saturated carbocycles. The van der Waals surface area contributed by atoms with Crippen LogP contribution in [0.15, 0.2) is 18.5 Å². The van der Waals surface area contributed by atoms with Crippen molar-refractivity contribution >= 4 is 17.0 Å². The molecule has 5 heteroatoms. The number of benzene rings is 1. The number of rotatable bonds is 2. The Labute approximate surface area is 85.9 Å². The Morgan fingerprint density at radius 2 is 2.27 bits per heavy atom. The number of imidazole rings is 1. The lowest BCUT2D eigenvalue weighted by Gasteiger charge is -2.05. The minimum absolute atomic E-state index is 0.128. The van der Waals surface area contributed by atoms with Gasteiger partial charge in [0.15, 0.2) is 5.75 Å². The molecule has 2 rings (SSSR count). The number of methoxy groups -OCH3 is 1. The van der Waals surface area contributed by atoms with E-state index in [1.807, 2.05) is 11.6 Å². The number of ether oxygens (including phenoxy) is 1. The summed E-state index contributed by atoms with van der Waals surface area (Å²) >= 11 is 0. The summed E-state index contributed by atoms with van der Waals surface area (Å²) in [4.78, 5) is 15.0. The molecule has 0 spiro atoms. The SMILES string of the molecule is COc1c(C(=O)O)ccc2c1ncn2C. The van der Waals surface area contributed by atoms with E-state index in [4.69, 9.17) is 9.84 Å². The van der Waals surface area contributed by atoms with Gasteiger partial charge in [-0.1, -0.05) is 0 Å². The van der Waals surface area contributed by atoms with Gasteiger partial charge < -0.3 is 14.4 Å². The maximum absolute atomic E-state index is 10.9. The Morgan fingerprint density at radius 3 is 2.87 bits per heavy atom. The van der Waals surface area contributed by atoms with E-state index >= 15 is 0 Å². The first kappa shape index (κ1) is 9.51. The normalized spacial score (nSPS) is 10.5. The quantitative estimate of drug-likeness (QED) is 0.803. The summed E-state index contributed by atoms with van der Waals surface area (Å²) in [6.07, 6.45) is 1.62. The van der Waals surface area contributed by atoms with Gasteiger partial charge in [-0.15, -0.1) is 0 Å². The third-order valence-electron chi connectivity index (χ3n) is 2.28. The molecule has 0 radical (unpaired) electrons. The van der Waals surface area contributed by atoms with Crippen molar-refractivity contribution in [1.82, 2.24) is 9.55 Å². The number of carboxylic acids is 1. The van der Waals surface area contributed by atoms with E-state index in [0.29, 0.717) is 11.3 Å². The molecule has 0 atom stereocenters. The molecule has 1 aromatic carbocycles. The van der Waals surface area contributed by atoms with Gasteiger partial charge in [-0.25, -0.2) is 9.78 Å². The lowest BCUT2D eigenvalue weighted by atomic mass is 10.1. The minimum Gasteiger partial charge on any atom is -0.493 e. The van der Waals surface area contributed by atoms with Gasteiger partial charge in [-0.3, -0.25) is 0 Å². The Balaban J connectivity index is 2.82. The van der Waals surface area contributed by atoms with Crippen molar-refractivity contribution in [2.24, 2.45) is 7.05 Å². The van der Waals surface area contributed by atoms with E-state index in [1.165, 1.54) is 13.2 Å². The van der Waals surface area contributed by atoms with Crippen molar-refractivity contribution in [3.05, 3.63) is 24.0 Å². The highest BCUT2D eigenvalue weighted by molar-refractivity contribution is 5.98. The number of carboxylic acid groups (broad SMARTS) is 1. The molecule has 0 unspecified atom stereocenters. The minimum atomic E-state index is -1.01. The fraction of sp³-hybridized carbons (Fsp3) is 0.200. The predicted octanol–water partition coefficient (Wildman–Crippen LogP) is 1.28. The van der Waals surface area contributed by atoms with Gasteiger partial charge in [-0.05, 0) is 12.1 Å². The van der Waals surface area contributed by atoms with Crippen LogP contribution < -0.4 is 4.74 Å². The highest BCUT2D eigenvalue weighted by Gasteiger charge is 2.16.